The van der Waals surface area contributed by atoms with E-state index in [-0.39, 0.29) is 18.6 Å². The van der Waals surface area contributed by atoms with E-state index in [1.54, 1.807) is 7.11 Å². The molecule has 2 aliphatic rings. The maximum absolute atomic E-state index is 13.3. The van der Waals surface area contributed by atoms with Crippen LogP contribution in [0.25, 0.3) is 0 Å². The van der Waals surface area contributed by atoms with E-state index >= 15 is 0 Å². The number of hydrogen-bond acceptors (Lipinski definition) is 6. The van der Waals surface area contributed by atoms with Crippen LogP contribution in [0.15, 0.2) is 4.52 Å². The van der Waals surface area contributed by atoms with E-state index < -0.39 is 0 Å². The summed E-state index contributed by atoms with van der Waals surface area (Å²) < 4.78 is 10.3. The van der Waals surface area contributed by atoms with E-state index in [0.29, 0.717) is 24.0 Å². The zero-order valence-electron chi connectivity index (χ0n) is 15.2. The number of nitrogens with one attached hydrogen (secondary N) is 1. The SMILES string of the molecule is COCc1nc([C@H]2CCCCCN2C(=O)c2n[nH]c3c2CCCC3)no1. The maximum atomic E-state index is 13.3. The number of carbonyl (C=O) groups excluding carboxylic acids is 1. The molecule has 4 rings (SSSR count). The molecule has 2 aromatic rings. The quantitative estimate of drug-likeness (QED) is 0.901. The summed E-state index contributed by atoms with van der Waals surface area (Å²) in [5, 5.41) is 11.6. The minimum Gasteiger partial charge on any atom is -0.375 e. The molecule has 8 heteroatoms. The Morgan fingerprint density at radius 1 is 1.27 bits per heavy atom. The summed E-state index contributed by atoms with van der Waals surface area (Å²) in [6.45, 7) is 0.972. The predicted molar refractivity (Wildman–Crippen MR) is 92.5 cm³/mol. The zero-order chi connectivity index (χ0) is 17.9. The first-order valence-corrected chi connectivity index (χ1v) is 9.46. The Balaban J connectivity index is 1.62. The summed E-state index contributed by atoms with van der Waals surface area (Å²) in [6, 6.07) is -0.171. The molecular weight excluding hydrogens is 334 g/mol. The zero-order valence-corrected chi connectivity index (χ0v) is 15.2. The van der Waals surface area contributed by atoms with Gasteiger partial charge in [0.15, 0.2) is 11.5 Å². The van der Waals surface area contributed by atoms with Gasteiger partial charge < -0.3 is 14.2 Å². The second-order valence-electron chi connectivity index (χ2n) is 7.08. The molecule has 2 aromatic heterocycles. The molecule has 0 saturated carbocycles. The Morgan fingerprint density at radius 3 is 3.04 bits per heavy atom. The van der Waals surface area contributed by atoms with E-state index in [9.17, 15) is 4.79 Å². The predicted octanol–water partition coefficient (Wildman–Crippen LogP) is 2.58. The molecule has 8 nitrogen and oxygen atoms in total. The fourth-order valence-corrected chi connectivity index (χ4v) is 4.00. The molecular formula is C18H25N5O3. The highest BCUT2D eigenvalue weighted by Gasteiger charge is 2.34. The Labute approximate surface area is 152 Å². The number of carbonyl (C=O) groups is 1. The molecule has 1 fully saturated rings. The van der Waals surface area contributed by atoms with Crippen LogP contribution < -0.4 is 0 Å². The fraction of sp³-hybridized carbons (Fsp3) is 0.667. The van der Waals surface area contributed by atoms with Gasteiger partial charge in [-0.2, -0.15) is 10.1 Å². The molecule has 26 heavy (non-hydrogen) atoms. The van der Waals surface area contributed by atoms with Crippen LogP contribution in [0.5, 0.6) is 0 Å². The van der Waals surface area contributed by atoms with Crippen molar-refractivity contribution in [3.05, 3.63) is 28.7 Å². The third-order valence-corrected chi connectivity index (χ3v) is 5.32. The van der Waals surface area contributed by atoms with Crippen molar-refractivity contribution in [1.82, 2.24) is 25.2 Å². The monoisotopic (exact) mass is 359 g/mol. The lowest BCUT2D eigenvalue weighted by Gasteiger charge is -2.27. The molecule has 1 saturated heterocycles. The van der Waals surface area contributed by atoms with Crippen LogP contribution in [0.3, 0.4) is 0 Å². The molecule has 0 aromatic carbocycles. The molecule has 1 aliphatic carbocycles. The second kappa shape index (κ2) is 7.57. The normalized spacial score (nSPS) is 20.7. The second-order valence-corrected chi connectivity index (χ2v) is 7.08. The Kier molecular flexibility index (Phi) is 5.01. The molecule has 1 amide bonds. The molecule has 140 valence electrons. The summed E-state index contributed by atoms with van der Waals surface area (Å²) >= 11 is 0. The first-order chi connectivity index (χ1) is 12.8. The van der Waals surface area contributed by atoms with Gasteiger partial charge in [0.05, 0.1) is 6.04 Å². The van der Waals surface area contributed by atoms with E-state index in [2.05, 4.69) is 20.3 Å². The highest BCUT2D eigenvalue weighted by Crippen LogP contribution is 2.31. The summed E-state index contributed by atoms with van der Waals surface area (Å²) in [6.07, 6.45) is 8.13. The molecule has 0 bridgehead atoms. The topological polar surface area (TPSA) is 97.1 Å². The van der Waals surface area contributed by atoms with Gasteiger partial charge in [0.1, 0.15) is 6.61 Å². The lowest BCUT2D eigenvalue weighted by molar-refractivity contribution is 0.0663. The fourth-order valence-electron chi connectivity index (χ4n) is 4.00. The highest BCUT2D eigenvalue weighted by molar-refractivity contribution is 5.94. The number of hydrogen-bond donors (Lipinski definition) is 1. The van der Waals surface area contributed by atoms with Crippen LogP contribution in [0.4, 0.5) is 0 Å². The lowest BCUT2D eigenvalue weighted by Crippen LogP contribution is -2.36. The van der Waals surface area contributed by atoms with Crippen molar-refractivity contribution < 1.29 is 14.1 Å². The van der Waals surface area contributed by atoms with Gasteiger partial charge >= 0.3 is 0 Å². The van der Waals surface area contributed by atoms with Gasteiger partial charge in [0.25, 0.3) is 11.8 Å². The first-order valence-electron chi connectivity index (χ1n) is 9.46. The van der Waals surface area contributed by atoms with Crippen molar-refractivity contribution in [1.29, 1.82) is 0 Å². The van der Waals surface area contributed by atoms with Gasteiger partial charge in [0, 0.05) is 24.9 Å². The summed E-state index contributed by atoms with van der Waals surface area (Å²) in [7, 11) is 1.59. The molecule has 1 aliphatic heterocycles. The van der Waals surface area contributed by atoms with E-state index in [1.165, 1.54) is 0 Å². The minimum atomic E-state index is -0.171. The van der Waals surface area contributed by atoms with Gasteiger partial charge in [-0.25, -0.2) is 0 Å². The first kappa shape index (κ1) is 17.2. The molecule has 0 radical (unpaired) electrons. The third kappa shape index (κ3) is 3.25. The van der Waals surface area contributed by atoms with Crippen LogP contribution in [0.1, 0.15) is 78.0 Å². The number of aryl methyl sites for hydroxylation is 1. The highest BCUT2D eigenvalue weighted by atomic mass is 16.5. The standard InChI is InChI=1S/C18H25N5O3/c1-25-11-15-19-17(22-26-15)14-9-3-2-6-10-23(14)18(24)16-12-7-4-5-8-13(12)20-21-16/h14H,2-11H2,1H3,(H,20,21)/t14-/m1/s1. The van der Waals surface area contributed by atoms with Gasteiger partial charge in [-0.1, -0.05) is 18.0 Å². The van der Waals surface area contributed by atoms with Crippen LogP contribution in [0.2, 0.25) is 0 Å². The van der Waals surface area contributed by atoms with E-state index in [0.717, 1.165) is 62.6 Å². The van der Waals surface area contributed by atoms with Crippen LogP contribution in [-0.2, 0) is 24.2 Å². The number of likely N-dealkylation sites (tertiary alicyclic amines) is 1. The number of aromatic nitrogens is 4. The van der Waals surface area contributed by atoms with Crippen LogP contribution >= 0.6 is 0 Å². The molecule has 0 unspecified atom stereocenters. The molecule has 0 spiro atoms. The molecule has 1 N–H and O–H groups in total. The van der Waals surface area contributed by atoms with Crippen molar-refractivity contribution in [2.45, 2.75) is 64.0 Å². The number of H-pyrrole nitrogens is 1. The lowest BCUT2D eigenvalue weighted by atomic mass is 9.95. The van der Waals surface area contributed by atoms with Crippen molar-refractivity contribution in [3.63, 3.8) is 0 Å². The maximum Gasteiger partial charge on any atom is 0.275 e. The molecule has 3 heterocycles. The average Bonchev–Trinajstić information content (AvgIpc) is 3.22. The van der Waals surface area contributed by atoms with Crippen LogP contribution in [-0.4, -0.2) is 44.8 Å². The Hall–Kier alpha value is -2.22. The Bertz CT molecular complexity index is 769. The minimum absolute atomic E-state index is 0.0191. The number of aromatic amines is 1. The van der Waals surface area contributed by atoms with Crippen LogP contribution in [0, 0.1) is 0 Å². The van der Waals surface area contributed by atoms with Gasteiger partial charge in [-0.05, 0) is 38.5 Å². The number of fused-ring (bicyclic) bond motifs is 1. The smallest absolute Gasteiger partial charge is 0.275 e. The third-order valence-electron chi connectivity index (χ3n) is 5.32. The number of ether oxygens (including phenoxy) is 1. The van der Waals surface area contributed by atoms with Crippen molar-refractivity contribution in [2.75, 3.05) is 13.7 Å². The Morgan fingerprint density at radius 2 is 2.15 bits per heavy atom. The van der Waals surface area contributed by atoms with Crippen molar-refractivity contribution in [2.24, 2.45) is 0 Å². The van der Waals surface area contributed by atoms with Crippen molar-refractivity contribution in [3.8, 4) is 0 Å². The number of rotatable bonds is 4. The number of amides is 1. The average molecular weight is 359 g/mol. The van der Waals surface area contributed by atoms with Gasteiger partial charge in [-0.3, -0.25) is 9.89 Å². The largest absolute Gasteiger partial charge is 0.375 e. The summed E-state index contributed by atoms with van der Waals surface area (Å²) in [5.41, 5.74) is 2.79. The van der Waals surface area contributed by atoms with Gasteiger partial charge in [0.2, 0.25) is 0 Å². The summed E-state index contributed by atoms with van der Waals surface area (Å²) in [4.78, 5) is 19.7. The van der Waals surface area contributed by atoms with Crippen molar-refractivity contribution >= 4 is 5.91 Å². The van der Waals surface area contributed by atoms with E-state index in [4.69, 9.17) is 9.26 Å². The number of nitrogens with zero attached hydrogens (tertiary/aromatic N) is 4. The van der Waals surface area contributed by atoms with E-state index in [1.807, 2.05) is 4.90 Å². The summed E-state index contributed by atoms with van der Waals surface area (Å²) in [5.74, 6) is 0.988. The molecule has 1 atom stereocenters. The number of methoxy groups -OCH3 is 1. The van der Waals surface area contributed by atoms with Gasteiger partial charge in [-0.15, -0.1) is 0 Å².